The molecule has 0 unspecified atom stereocenters. The average Bonchev–Trinajstić information content (AvgIpc) is 2.74. The number of piperidine rings is 1. The van der Waals surface area contributed by atoms with Crippen LogP contribution in [-0.4, -0.2) is 49.3 Å². The lowest BCUT2D eigenvalue weighted by atomic mass is 9.73. The van der Waals surface area contributed by atoms with Gasteiger partial charge in [-0.3, -0.25) is 4.79 Å². The first-order valence-electron chi connectivity index (χ1n) is 10.8. The SMILES string of the molecule is CCOC(=O)C1(C[C@H]2CCCCO2)CCN(C(=O)Nc2ccccc2C(F)(F)F)CC1. The Hall–Kier alpha value is -2.29. The molecule has 2 saturated heterocycles. The zero-order valence-corrected chi connectivity index (χ0v) is 17.7. The number of anilines is 1. The molecule has 0 radical (unpaired) electrons. The van der Waals surface area contributed by atoms with E-state index in [0.29, 0.717) is 25.9 Å². The molecule has 0 saturated carbocycles. The first kappa shape index (κ1) is 23.4. The standard InChI is InChI=1S/C22H29F3N2O4/c1-2-30-19(28)21(15-16-7-5-6-14-31-16)10-12-27(13-11-21)20(29)26-18-9-4-3-8-17(18)22(23,24)25/h3-4,8-9,16H,2,5-7,10-15H2,1H3,(H,26,29)/t16-/m1/s1. The van der Waals surface area contributed by atoms with Crippen LogP contribution in [0.4, 0.5) is 23.7 Å². The number of hydrogen-bond acceptors (Lipinski definition) is 4. The van der Waals surface area contributed by atoms with Crippen molar-refractivity contribution in [1.82, 2.24) is 4.90 Å². The average molecular weight is 442 g/mol. The van der Waals surface area contributed by atoms with E-state index in [2.05, 4.69) is 5.32 Å². The summed E-state index contributed by atoms with van der Waals surface area (Å²) in [7, 11) is 0. The van der Waals surface area contributed by atoms with Gasteiger partial charge in [0.05, 0.1) is 29.4 Å². The summed E-state index contributed by atoms with van der Waals surface area (Å²) in [6, 6.07) is 4.27. The molecule has 0 aromatic heterocycles. The second-order valence-corrected chi connectivity index (χ2v) is 8.15. The van der Waals surface area contributed by atoms with E-state index in [-0.39, 0.29) is 37.5 Å². The molecular weight excluding hydrogens is 413 g/mol. The number of carbonyl (C=O) groups excluding carboxylic acids is 2. The molecular formula is C22H29F3N2O4. The van der Waals surface area contributed by atoms with Crippen LogP contribution in [0.3, 0.4) is 0 Å². The van der Waals surface area contributed by atoms with E-state index < -0.39 is 23.2 Å². The van der Waals surface area contributed by atoms with Gasteiger partial charge in [-0.25, -0.2) is 4.79 Å². The van der Waals surface area contributed by atoms with Gasteiger partial charge in [0.2, 0.25) is 0 Å². The largest absolute Gasteiger partial charge is 0.466 e. The summed E-state index contributed by atoms with van der Waals surface area (Å²) in [5.41, 5.74) is -1.91. The van der Waals surface area contributed by atoms with Gasteiger partial charge in [0.15, 0.2) is 0 Å². The fourth-order valence-corrected chi connectivity index (χ4v) is 4.35. The zero-order chi connectivity index (χ0) is 22.5. The lowest BCUT2D eigenvalue weighted by Gasteiger charge is -2.42. The fourth-order valence-electron chi connectivity index (χ4n) is 4.35. The van der Waals surface area contributed by atoms with Crippen LogP contribution in [0.15, 0.2) is 24.3 Å². The minimum atomic E-state index is -4.56. The molecule has 3 rings (SSSR count). The topological polar surface area (TPSA) is 67.9 Å². The highest BCUT2D eigenvalue weighted by atomic mass is 19.4. The molecule has 2 amide bonds. The van der Waals surface area contributed by atoms with Crippen molar-refractivity contribution in [2.45, 2.75) is 57.7 Å². The number of amides is 2. The molecule has 2 aliphatic heterocycles. The van der Waals surface area contributed by atoms with E-state index in [1.165, 1.54) is 23.1 Å². The van der Waals surface area contributed by atoms with Crippen LogP contribution in [0.1, 0.15) is 51.0 Å². The van der Waals surface area contributed by atoms with Crippen molar-refractivity contribution < 1.29 is 32.2 Å². The highest BCUT2D eigenvalue weighted by molar-refractivity contribution is 5.90. The van der Waals surface area contributed by atoms with Gasteiger partial charge in [0.25, 0.3) is 0 Å². The number of carbonyl (C=O) groups is 2. The number of rotatable bonds is 5. The second-order valence-electron chi connectivity index (χ2n) is 8.15. The summed E-state index contributed by atoms with van der Waals surface area (Å²) < 4.78 is 50.8. The van der Waals surface area contributed by atoms with Gasteiger partial charge in [-0.15, -0.1) is 0 Å². The molecule has 2 heterocycles. The predicted molar refractivity (Wildman–Crippen MR) is 109 cm³/mol. The second kappa shape index (κ2) is 9.89. The van der Waals surface area contributed by atoms with Crippen molar-refractivity contribution in [3.05, 3.63) is 29.8 Å². The third-order valence-corrected chi connectivity index (χ3v) is 6.08. The molecule has 1 aromatic rings. The van der Waals surface area contributed by atoms with E-state index in [0.717, 1.165) is 25.3 Å². The van der Waals surface area contributed by atoms with Crippen LogP contribution >= 0.6 is 0 Å². The highest BCUT2D eigenvalue weighted by Crippen LogP contribution is 2.40. The first-order valence-corrected chi connectivity index (χ1v) is 10.8. The molecule has 9 heteroatoms. The molecule has 0 aliphatic carbocycles. The Morgan fingerprint density at radius 3 is 2.55 bits per heavy atom. The Morgan fingerprint density at radius 1 is 1.23 bits per heavy atom. The molecule has 1 N–H and O–H groups in total. The van der Waals surface area contributed by atoms with Crippen molar-refractivity contribution >= 4 is 17.7 Å². The van der Waals surface area contributed by atoms with Gasteiger partial charge < -0.3 is 19.7 Å². The van der Waals surface area contributed by atoms with Crippen LogP contribution < -0.4 is 5.32 Å². The number of para-hydroxylation sites is 1. The lowest BCUT2D eigenvalue weighted by Crippen LogP contribution is -2.50. The number of urea groups is 1. The number of esters is 1. The summed E-state index contributed by atoms with van der Waals surface area (Å²) in [5.74, 6) is -0.286. The first-order chi connectivity index (χ1) is 14.7. The maximum Gasteiger partial charge on any atom is 0.418 e. The zero-order valence-electron chi connectivity index (χ0n) is 17.7. The monoisotopic (exact) mass is 442 g/mol. The van der Waals surface area contributed by atoms with Crippen LogP contribution in [0, 0.1) is 5.41 Å². The van der Waals surface area contributed by atoms with Gasteiger partial charge in [0.1, 0.15) is 0 Å². The van der Waals surface area contributed by atoms with Gasteiger partial charge in [-0.1, -0.05) is 12.1 Å². The molecule has 2 aliphatic rings. The highest BCUT2D eigenvalue weighted by Gasteiger charge is 2.45. The molecule has 1 aromatic carbocycles. The van der Waals surface area contributed by atoms with Crippen molar-refractivity contribution in [2.75, 3.05) is 31.6 Å². The van der Waals surface area contributed by atoms with Crippen LogP contribution in [0.25, 0.3) is 0 Å². The number of hydrogen-bond donors (Lipinski definition) is 1. The van der Waals surface area contributed by atoms with Crippen LogP contribution in [0.5, 0.6) is 0 Å². The normalized spacial score (nSPS) is 21.4. The Kier molecular flexibility index (Phi) is 7.46. The van der Waals surface area contributed by atoms with Crippen molar-refractivity contribution in [2.24, 2.45) is 5.41 Å². The number of nitrogens with one attached hydrogen (secondary N) is 1. The maximum atomic E-state index is 13.2. The Balaban J connectivity index is 1.67. The van der Waals surface area contributed by atoms with Gasteiger partial charge in [-0.05, 0) is 57.6 Å². The number of benzene rings is 1. The maximum absolute atomic E-state index is 13.2. The Bertz CT molecular complexity index is 770. The van der Waals surface area contributed by atoms with Gasteiger partial charge >= 0.3 is 18.2 Å². The number of ether oxygens (including phenoxy) is 2. The third kappa shape index (κ3) is 5.70. The summed E-state index contributed by atoms with van der Waals surface area (Å²) in [6.45, 7) is 3.21. The third-order valence-electron chi connectivity index (χ3n) is 6.08. The molecule has 0 bridgehead atoms. The molecule has 1 atom stereocenters. The summed E-state index contributed by atoms with van der Waals surface area (Å²) in [5, 5.41) is 2.38. The van der Waals surface area contributed by atoms with E-state index in [1.807, 2.05) is 0 Å². The van der Waals surface area contributed by atoms with E-state index >= 15 is 0 Å². The molecule has 0 spiro atoms. The molecule has 6 nitrogen and oxygen atoms in total. The smallest absolute Gasteiger partial charge is 0.418 e. The minimum absolute atomic E-state index is 0.0165. The number of likely N-dealkylation sites (tertiary alicyclic amines) is 1. The van der Waals surface area contributed by atoms with Gasteiger partial charge in [0, 0.05) is 19.7 Å². The number of alkyl halides is 3. The summed E-state index contributed by atoms with van der Waals surface area (Å²) in [4.78, 5) is 26.9. The molecule has 31 heavy (non-hydrogen) atoms. The van der Waals surface area contributed by atoms with E-state index in [9.17, 15) is 22.8 Å². The van der Waals surface area contributed by atoms with E-state index in [4.69, 9.17) is 9.47 Å². The Morgan fingerprint density at radius 2 is 1.94 bits per heavy atom. The molecule has 2 fully saturated rings. The van der Waals surface area contributed by atoms with Crippen LogP contribution in [0.2, 0.25) is 0 Å². The predicted octanol–water partition coefficient (Wildman–Crippen LogP) is 4.84. The summed E-state index contributed by atoms with van der Waals surface area (Å²) >= 11 is 0. The summed E-state index contributed by atoms with van der Waals surface area (Å²) in [6.07, 6.45) is -0.312. The minimum Gasteiger partial charge on any atom is -0.466 e. The van der Waals surface area contributed by atoms with Crippen molar-refractivity contribution in [3.8, 4) is 0 Å². The number of nitrogens with zero attached hydrogens (tertiary/aromatic N) is 1. The lowest BCUT2D eigenvalue weighted by molar-refractivity contribution is -0.162. The Labute approximate surface area is 180 Å². The van der Waals surface area contributed by atoms with Gasteiger partial charge in [-0.2, -0.15) is 13.2 Å². The van der Waals surface area contributed by atoms with Crippen LogP contribution in [-0.2, 0) is 20.4 Å². The number of halogens is 3. The van der Waals surface area contributed by atoms with Crippen molar-refractivity contribution in [3.63, 3.8) is 0 Å². The van der Waals surface area contributed by atoms with E-state index in [1.54, 1.807) is 6.92 Å². The fraction of sp³-hybridized carbons (Fsp3) is 0.636. The molecule has 172 valence electrons. The van der Waals surface area contributed by atoms with Crippen molar-refractivity contribution in [1.29, 1.82) is 0 Å². The quantitative estimate of drug-likeness (QED) is 0.663.